The van der Waals surface area contributed by atoms with Crippen LogP contribution in [-0.4, -0.2) is 39.4 Å². The summed E-state index contributed by atoms with van der Waals surface area (Å²) < 4.78 is 0. The molecule has 20 heavy (non-hydrogen) atoms. The van der Waals surface area contributed by atoms with Gasteiger partial charge < -0.3 is 20.8 Å². The monoisotopic (exact) mass is 280 g/mol. The van der Waals surface area contributed by atoms with Crippen molar-refractivity contribution in [3.8, 4) is 0 Å². The molecule has 0 aromatic carbocycles. The molecular weight excluding hydrogens is 260 g/mol. The molecule has 0 aliphatic carbocycles. The third kappa shape index (κ3) is 3.84. The van der Waals surface area contributed by atoms with Gasteiger partial charge in [-0.2, -0.15) is 0 Å². The van der Waals surface area contributed by atoms with Crippen molar-refractivity contribution in [1.82, 2.24) is 9.88 Å². The summed E-state index contributed by atoms with van der Waals surface area (Å²) >= 11 is 0. The number of carbonyl (C=O) groups excluding carboxylic acids is 1. The molecule has 0 fully saturated rings. The molecule has 1 aromatic heterocycles. The molecule has 7 heteroatoms. The number of aryl methyl sites for hydroxylation is 1. The van der Waals surface area contributed by atoms with Gasteiger partial charge >= 0.3 is 0 Å². The number of nitrogens with zero attached hydrogens (tertiary/aromatic N) is 2. The van der Waals surface area contributed by atoms with Crippen molar-refractivity contribution >= 4 is 11.7 Å². The number of rotatable bonds is 5. The van der Waals surface area contributed by atoms with E-state index in [4.69, 9.17) is 10.9 Å². The number of H-pyrrole nitrogens is 1. The van der Waals surface area contributed by atoms with Crippen LogP contribution >= 0.6 is 0 Å². The number of amides is 1. The van der Waals surface area contributed by atoms with Gasteiger partial charge in [0.2, 0.25) is 0 Å². The first-order chi connectivity index (χ1) is 9.36. The largest absolute Gasteiger partial charge is 0.409 e. The number of aromatic nitrogens is 1. The quantitative estimate of drug-likeness (QED) is 0.318. The molecule has 0 spiro atoms. The molecule has 4 N–H and O–H groups in total. The van der Waals surface area contributed by atoms with Gasteiger partial charge in [-0.3, -0.25) is 9.59 Å². The van der Waals surface area contributed by atoms with E-state index in [9.17, 15) is 9.59 Å². The van der Waals surface area contributed by atoms with Crippen molar-refractivity contribution < 1.29 is 10.0 Å². The van der Waals surface area contributed by atoms with Gasteiger partial charge in [-0.05, 0) is 20.8 Å². The highest BCUT2D eigenvalue weighted by atomic mass is 16.4. The van der Waals surface area contributed by atoms with E-state index in [0.29, 0.717) is 5.69 Å². The number of carbonyl (C=O) groups is 1. The van der Waals surface area contributed by atoms with Gasteiger partial charge in [0, 0.05) is 37.0 Å². The first kappa shape index (κ1) is 15.7. The summed E-state index contributed by atoms with van der Waals surface area (Å²) in [5.74, 6) is -0.326. The SMILES string of the molecule is Cc1cc(=O)c(C(=O)N(CCC(N)=NO)C(C)C)c[nH]1. The van der Waals surface area contributed by atoms with Crippen LogP contribution in [0, 0.1) is 6.92 Å². The van der Waals surface area contributed by atoms with E-state index in [1.54, 1.807) is 6.92 Å². The molecule has 0 atom stereocenters. The zero-order valence-electron chi connectivity index (χ0n) is 11.9. The van der Waals surface area contributed by atoms with E-state index < -0.39 is 0 Å². The Morgan fingerprint density at radius 1 is 1.55 bits per heavy atom. The van der Waals surface area contributed by atoms with Gasteiger partial charge in [-0.1, -0.05) is 5.16 Å². The van der Waals surface area contributed by atoms with Crippen LogP contribution in [0.2, 0.25) is 0 Å². The van der Waals surface area contributed by atoms with Gasteiger partial charge in [0.1, 0.15) is 11.4 Å². The first-order valence-electron chi connectivity index (χ1n) is 6.33. The summed E-state index contributed by atoms with van der Waals surface area (Å²) in [6.45, 7) is 5.70. The Kier molecular flexibility index (Phi) is 5.31. The van der Waals surface area contributed by atoms with Crippen LogP contribution in [0.3, 0.4) is 0 Å². The molecule has 0 unspecified atom stereocenters. The molecule has 1 amide bonds. The number of aromatic amines is 1. The molecule has 1 aromatic rings. The maximum atomic E-state index is 12.4. The average Bonchev–Trinajstić information content (AvgIpc) is 2.37. The van der Waals surface area contributed by atoms with Gasteiger partial charge in [0.25, 0.3) is 5.91 Å². The van der Waals surface area contributed by atoms with Crippen LogP contribution in [0.15, 0.2) is 22.2 Å². The Labute approximate surface area is 117 Å². The van der Waals surface area contributed by atoms with Crippen LogP contribution < -0.4 is 11.2 Å². The van der Waals surface area contributed by atoms with E-state index in [-0.39, 0.29) is 41.7 Å². The number of hydrogen-bond acceptors (Lipinski definition) is 4. The van der Waals surface area contributed by atoms with Crippen molar-refractivity contribution in [2.75, 3.05) is 6.54 Å². The molecule has 0 aliphatic heterocycles. The third-order valence-corrected chi connectivity index (χ3v) is 2.91. The minimum absolute atomic E-state index is 0.0428. The van der Waals surface area contributed by atoms with E-state index in [1.807, 2.05) is 13.8 Å². The summed E-state index contributed by atoms with van der Waals surface area (Å²) in [4.78, 5) is 28.6. The maximum absolute atomic E-state index is 12.4. The average molecular weight is 280 g/mol. The lowest BCUT2D eigenvalue weighted by Gasteiger charge is -2.26. The predicted molar refractivity (Wildman–Crippen MR) is 76.0 cm³/mol. The van der Waals surface area contributed by atoms with Crippen molar-refractivity contribution in [2.24, 2.45) is 10.9 Å². The van der Waals surface area contributed by atoms with Gasteiger partial charge in [0.05, 0.1) is 0 Å². The lowest BCUT2D eigenvalue weighted by Crippen LogP contribution is -2.41. The Morgan fingerprint density at radius 2 is 2.20 bits per heavy atom. The zero-order chi connectivity index (χ0) is 15.3. The minimum atomic E-state index is -0.369. The van der Waals surface area contributed by atoms with Gasteiger partial charge in [0.15, 0.2) is 5.43 Å². The van der Waals surface area contributed by atoms with E-state index in [0.717, 1.165) is 0 Å². The standard InChI is InChI=1S/C13H20N4O3/c1-8(2)17(5-4-12(14)16-20)13(19)10-7-15-9(3)6-11(10)18/h6-8,20H,4-5H2,1-3H3,(H2,14,16)(H,15,18). The van der Waals surface area contributed by atoms with Crippen LogP contribution in [-0.2, 0) is 0 Å². The summed E-state index contributed by atoms with van der Waals surface area (Å²) in [7, 11) is 0. The fourth-order valence-corrected chi connectivity index (χ4v) is 1.77. The molecule has 1 rings (SSSR count). The van der Waals surface area contributed by atoms with E-state index in [1.165, 1.54) is 17.2 Å². The number of amidine groups is 1. The summed E-state index contributed by atoms with van der Waals surface area (Å²) in [6.07, 6.45) is 1.66. The molecule has 7 nitrogen and oxygen atoms in total. The minimum Gasteiger partial charge on any atom is -0.409 e. The molecular formula is C13H20N4O3. The van der Waals surface area contributed by atoms with Crippen LogP contribution in [0.5, 0.6) is 0 Å². The lowest BCUT2D eigenvalue weighted by atomic mass is 10.2. The second-order valence-electron chi connectivity index (χ2n) is 4.83. The van der Waals surface area contributed by atoms with Crippen molar-refractivity contribution in [3.05, 3.63) is 33.7 Å². The second-order valence-corrected chi connectivity index (χ2v) is 4.83. The molecule has 0 saturated heterocycles. The van der Waals surface area contributed by atoms with Gasteiger partial charge in [-0.15, -0.1) is 0 Å². The van der Waals surface area contributed by atoms with Crippen molar-refractivity contribution in [1.29, 1.82) is 0 Å². The van der Waals surface area contributed by atoms with Crippen LogP contribution in [0.1, 0.15) is 36.3 Å². The third-order valence-electron chi connectivity index (χ3n) is 2.91. The number of hydrogen-bond donors (Lipinski definition) is 3. The summed E-state index contributed by atoms with van der Waals surface area (Å²) in [5, 5.41) is 11.4. The highest BCUT2D eigenvalue weighted by molar-refractivity contribution is 5.94. The Morgan fingerprint density at radius 3 is 2.70 bits per heavy atom. The molecule has 0 saturated carbocycles. The topological polar surface area (TPSA) is 112 Å². The summed E-state index contributed by atoms with van der Waals surface area (Å²) in [5.41, 5.74) is 5.87. The normalized spacial score (nSPS) is 11.7. The van der Waals surface area contributed by atoms with Crippen molar-refractivity contribution in [3.63, 3.8) is 0 Å². The molecule has 0 aliphatic rings. The van der Waals surface area contributed by atoms with Crippen molar-refractivity contribution in [2.45, 2.75) is 33.2 Å². The van der Waals surface area contributed by atoms with Crippen LogP contribution in [0.25, 0.3) is 0 Å². The number of pyridine rings is 1. The fraction of sp³-hybridized carbons (Fsp3) is 0.462. The fourth-order valence-electron chi connectivity index (χ4n) is 1.77. The Bertz CT molecular complexity index is 563. The smallest absolute Gasteiger partial charge is 0.259 e. The highest BCUT2D eigenvalue weighted by Crippen LogP contribution is 2.06. The molecule has 1 heterocycles. The number of oxime groups is 1. The number of nitrogens with two attached hydrogens (primary N) is 1. The first-order valence-corrected chi connectivity index (χ1v) is 6.33. The van der Waals surface area contributed by atoms with Gasteiger partial charge in [-0.25, -0.2) is 0 Å². The van der Waals surface area contributed by atoms with E-state index >= 15 is 0 Å². The lowest BCUT2D eigenvalue weighted by molar-refractivity contribution is 0.0709. The highest BCUT2D eigenvalue weighted by Gasteiger charge is 2.21. The predicted octanol–water partition coefficient (Wildman–Crippen LogP) is 0.670. The molecule has 110 valence electrons. The maximum Gasteiger partial charge on any atom is 0.259 e. The van der Waals surface area contributed by atoms with Crippen LogP contribution in [0.4, 0.5) is 0 Å². The number of nitrogens with one attached hydrogen (secondary N) is 1. The van der Waals surface area contributed by atoms with E-state index in [2.05, 4.69) is 10.1 Å². The Balaban J connectivity index is 2.97. The Hall–Kier alpha value is -2.31. The summed E-state index contributed by atoms with van der Waals surface area (Å²) in [6, 6.07) is 1.28. The molecule has 0 bridgehead atoms. The molecule has 0 radical (unpaired) electrons. The second kappa shape index (κ2) is 6.74. The zero-order valence-corrected chi connectivity index (χ0v) is 11.9.